The van der Waals surface area contributed by atoms with Crippen molar-refractivity contribution in [2.75, 3.05) is 6.54 Å². The third-order valence-corrected chi connectivity index (χ3v) is 3.46. The fourth-order valence-electron chi connectivity index (χ4n) is 1.97. The fraction of sp³-hybridized carbons (Fsp3) is 0.625. The van der Waals surface area contributed by atoms with E-state index in [2.05, 4.69) is 56.4 Å². The second kappa shape index (κ2) is 8.30. The zero-order valence-electron chi connectivity index (χ0n) is 11.6. The molecule has 1 aromatic carbocycles. The molecule has 0 aliphatic rings. The van der Waals surface area contributed by atoms with Gasteiger partial charge in [0.1, 0.15) is 0 Å². The van der Waals surface area contributed by atoms with Gasteiger partial charge in [-0.25, -0.2) is 0 Å². The Kier molecular flexibility index (Phi) is 6.95. The predicted molar refractivity (Wildman–Crippen MR) is 76.2 cm³/mol. The molecular formula is C16H27N. The van der Waals surface area contributed by atoms with Crippen molar-refractivity contribution in [2.24, 2.45) is 5.92 Å². The molecule has 17 heavy (non-hydrogen) atoms. The minimum atomic E-state index is 0.533. The van der Waals surface area contributed by atoms with Crippen LogP contribution in [0.1, 0.15) is 58.1 Å². The monoisotopic (exact) mass is 233 g/mol. The summed E-state index contributed by atoms with van der Waals surface area (Å²) < 4.78 is 0. The van der Waals surface area contributed by atoms with Gasteiger partial charge in [-0.1, -0.05) is 70.4 Å². The number of hydrogen-bond acceptors (Lipinski definition) is 1. The van der Waals surface area contributed by atoms with E-state index >= 15 is 0 Å². The van der Waals surface area contributed by atoms with Crippen LogP contribution in [0.25, 0.3) is 0 Å². The normalized spacial score (nSPS) is 14.5. The highest BCUT2D eigenvalue weighted by Crippen LogP contribution is 2.19. The first-order chi connectivity index (χ1) is 8.27. The molecule has 0 aliphatic carbocycles. The number of rotatable bonds is 8. The molecule has 0 radical (unpaired) electrons. The Labute approximate surface area is 107 Å². The van der Waals surface area contributed by atoms with Crippen LogP contribution in [0, 0.1) is 5.92 Å². The van der Waals surface area contributed by atoms with E-state index in [-0.39, 0.29) is 0 Å². The third kappa shape index (κ3) is 5.36. The van der Waals surface area contributed by atoms with Gasteiger partial charge in [-0.2, -0.15) is 0 Å². The highest BCUT2D eigenvalue weighted by Gasteiger charge is 2.10. The van der Waals surface area contributed by atoms with E-state index in [4.69, 9.17) is 0 Å². The van der Waals surface area contributed by atoms with Gasteiger partial charge in [-0.05, 0) is 24.4 Å². The lowest BCUT2D eigenvalue weighted by Crippen LogP contribution is -2.26. The van der Waals surface area contributed by atoms with E-state index in [1.54, 1.807) is 0 Å². The summed E-state index contributed by atoms with van der Waals surface area (Å²) in [6.07, 6.45) is 5.07. The maximum absolute atomic E-state index is 3.72. The van der Waals surface area contributed by atoms with Crippen LogP contribution in [0.2, 0.25) is 0 Å². The molecule has 2 unspecified atom stereocenters. The van der Waals surface area contributed by atoms with Gasteiger partial charge in [0.15, 0.2) is 0 Å². The number of unbranched alkanes of at least 4 members (excludes halogenated alkanes) is 1. The molecule has 0 heterocycles. The maximum Gasteiger partial charge on any atom is 0.0320 e. The van der Waals surface area contributed by atoms with Crippen molar-refractivity contribution in [3.05, 3.63) is 35.9 Å². The van der Waals surface area contributed by atoms with Crippen LogP contribution in [0.15, 0.2) is 30.3 Å². The fourth-order valence-corrected chi connectivity index (χ4v) is 1.97. The molecule has 1 aromatic rings. The topological polar surface area (TPSA) is 12.0 Å². The Hall–Kier alpha value is -0.820. The van der Waals surface area contributed by atoms with E-state index in [1.807, 2.05) is 0 Å². The summed E-state index contributed by atoms with van der Waals surface area (Å²) in [5, 5.41) is 3.72. The van der Waals surface area contributed by atoms with E-state index < -0.39 is 0 Å². The van der Waals surface area contributed by atoms with Gasteiger partial charge in [-0.3, -0.25) is 0 Å². The van der Waals surface area contributed by atoms with Gasteiger partial charge < -0.3 is 5.32 Å². The van der Waals surface area contributed by atoms with Crippen molar-refractivity contribution in [3.8, 4) is 0 Å². The molecule has 1 N–H and O–H groups in total. The quantitative estimate of drug-likeness (QED) is 0.694. The highest BCUT2D eigenvalue weighted by atomic mass is 14.9. The average Bonchev–Trinajstić information content (AvgIpc) is 2.39. The molecule has 1 rings (SSSR count). The Morgan fingerprint density at radius 3 is 2.41 bits per heavy atom. The first-order valence-corrected chi connectivity index (χ1v) is 7.06. The second-order valence-corrected chi connectivity index (χ2v) is 5.03. The van der Waals surface area contributed by atoms with Crippen LogP contribution in [0.3, 0.4) is 0 Å². The first kappa shape index (κ1) is 14.2. The third-order valence-electron chi connectivity index (χ3n) is 3.46. The van der Waals surface area contributed by atoms with Crippen LogP contribution in [-0.2, 0) is 0 Å². The molecule has 0 saturated carbocycles. The molecule has 2 atom stereocenters. The molecular weight excluding hydrogens is 206 g/mol. The number of benzene rings is 1. The van der Waals surface area contributed by atoms with Gasteiger partial charge in [0.25, 0.3) is 0 Å². The van der Waals surface area contributed by atoms with Gasteiger partial charge >= 0.3 is 0 Å². The minimum absolute atomic E-state index is 0.533. The lowest BCUT2D eigenvalue weighted by molar-refractivity contribution is 0.421. The highest BCUT2D eigenvalue weighted by molar-refractivity contribution is 5.18. The zero-order chi connectivity index (χ0) is 12.5. The van der Waals surface area contributed by atoms with Crippen molar-refractivity contribution in [1.82, 2.24) is 5.32 Å². The summed E-state index contributed by atoms with van der Waals surface area (Å²) in [5.41, 5.74) is 1.43. The Morgan fingerprint density at radius 1 is 1.12 bits per heavy atom. The van der Waals surface area contributed by atoms with E-state index in [0.717, 1.165) is 12.5 Å². The van der Waals surface area contributed by atoms with Crippen LogP contribution < -0.4 is 5.32 Å². The van der Waals surface area contributed by atoms with Crippen LogP contribution in [-0.4, -0.2) is 6.54 Å². The van der Waals surface area contributed by atoms with Gasteiger partial charge in [0, 0.05) is 6.04 Å². The summed E-state index contributed by atoms with van der Waals surface area (Å²) >= 11 is 0. The van der Waals surface area contributed by atoms with Gasteiger partial charge in [-0.15, -0.1) is 0 Å². The summed E-state index contributed by atoms with van der Waals surface area (Å²) in [4.78, 5) is 0. The summed E-state index contributed by atoms with van der Waals surface area (Å²) in [7, 11) is 0. The van der Waals surface area contributed by atoms with Crippen molar-refractivity contribution in [1.29, 1.82) is 0 Å². The van der Waals surface area contributed by atoms with Crippen LogP contribution >= 0.6 is 0 Å². The van der Waals surface area contributed by atoms with Crippen LogP contribution in [0.5, 0.6) is 0 Å². The average molecular weight is 233 g/mol. The molecule has 0 aromatic heterocycles. The predicted octanol–water partition coefficient (Wildman–Crippen LogP) is 4.55. The molecule has 1 heteroatoms. The van der Waals surface area contributed by atoms with Crippen molar-refractivity contribution in [3.63, 3.8) is 0 Å². The lowest BCUT2D eigenvalue weighted by atomic mass is 10.00. The number of nitrogens with one attached hydrogen (secondary N) is 1. The Balaban J connectivity index is 2.54. The molecule has 0 saturated heterocycles. The second-order valence-electron chi connectivity index (χ2n) is 5.03. The lowest BCUT2D eigenvalue weighted by Gasteiger charge is -2.21. The Bertz CT molecular complexity index is 281. The molecule has 96 valence electrons. The van der Waals surface area contributed by atoms with E-state index in [1.165, 1.54) is 31.2 Å². The molecule has 0 spiro atoms. The zero-order valence-corrected chi connectivity index (χ0v) is 11.6. The molecule has 0 bridgehead atoms. The minimum Gasteiger partial charge on any atom is -0.310 e. The van der Waals surface area contributed by atoms with Crippen LogP contribution in [0.4, 0.5) is 0 Å². The summed E-state index contributed by atoms with van der Waals surface area (Å²) in [5.74, 6) is 0.767. The molecule has 0 aliphatic heterocycles. The smallest absolute Gasteiger partial charge is 0.0320 e. The maximum atomic E-state index is 3.72. The molecule has 0 fully saturated rings. The van der Waals surface area contributed by atoms with E-state index in [9.17, 15) is 0 Å². The summed E-state index contributed by atoms with van der Waals surface area (Å²) in [6.45, 7) is 7.96. The largest absolute Gasteiger partial charge is 0.310 e. The van der Waals surface area contributed by atoms with Crippen molar-refractivity contribution < 1.29 is 0 Å². The first-order valence-electron chi connectivity index (χ1n) is 7.06. The summed E-state index contributed by atoms with van der Waals surface area (Å²) in [6, 6.07) is 11.4. The SMILES string of the molecule is CCCCC(NCC(C)CC)c1ccccc1. The number of hydrogen-bond donors (Lipinski definition) is 1. The van der Waals surface area contributed by atoms with Crippen molar-refractivity contribution >= 4 is 0 Å². The Morgan fingerprint density at radius 2 is 1.82 bits per heavy atom. The molecule has 0 amide bonds. The van der Waals surface area contributed by atoms with Crippen molar-refractivity contribution in [2.45, 2.75) is 52.5 Å². The standard InChI is InChI=1S/C16H27N/c1-4-6-12-16(17-13-14(3)5-2)15-10-8-7-9-11-15/h7-11,14,16-17H,4-6,12-13H2,1-3H3. The molecule has 1 nitrogen and oxygen atoms in total. The van der Waals surface area contributed by atoms with Gasteiger partial charge in [0.2, 0.25) is 0 Å². The van der Waals surface area contributed by atoms with Gasteiger partial charge in [0.05, 0.1) is 0 Å². The van der Waals surface area contributed by atoms with E-state index in [0.29, 0.717) is 6.04 Å².